The molecule has 1 heterocycles. The van der Waals surface area contributed by atoms with Crippen molar-refractivity contribution in [2.24, 2.45) is 5.92 Å². The number of anilines is 3. The maximum Gasteiger partial charge on any atom is 0.229 e. The molecule has 0 radical (unpaired) electrons. The molecule has 1 aliphatic heterocycles. The average Bonchev–Trinajstić information content (AvgIpc) is 3.00. The number of halogens is 1. The molecule has 6 nitrogen and oxygen atoms in total. The number of amides is 3. The fourth-order valence-electron chi connectivity index (χ4n) is 3.00. The van der Waals surface area contributed by atoms with E-state index in [1.807, 2.05) is 13.0 Å². The second-order valence-electron chi connectivity index (χ2n) is 6.59. The minimum Gasteiger partial charge on any atom is -0.326 e. The van der Waals surface area contributed by atoms with Crippen LogP contribution < -0.4 is 15.5 Å². The van der Waals surface area contributed by atoms with Gasteiger partial charge in [-0.2, -0.15) is 0 Å². The van der Waals surface area contributed by atoms with Crippen LogP contribution in [0.1, 0.15) is 18.9 Å². The molecule has 140 valence electrons. The highest BCUT2D eigenvalue weighted by Gasteiger charge is 2.35. The summed E-state index contributed by atoms with van der Waals surface area (Å²) in [4.78, 5) is 37.8. The predicted molar refractivity (Wildman–Crippen MR) is 106 cm³/mol. The monoisotopic (exact) mass is 385 g/mol. The van der Waals surface area contributed by atoms with E-state index in [-0.39, 0.29) is 30.7 Å². The van der Waals surface area contributed by atoms with E-state index in [2.05, 4.69) is 10.6 Å². The maximum atomic E-state index is 12.6. The van der Waals surface area contributed by atoms with E-state index in [9.17, 15) is 14.4 Å². The number of nitrogens with zero attached hydrogens (tertiary/aromatic N) is 1. The van der Waals surface area contributed by atoms with E-state index in [4.69, 9.17) is 11.6 Å². The Labute approximate surface area is 162 Å². The van der Waals surface area contributed by atoms with Crippen LogP contribution in [0.25, 0.3) is 0 Å². The average molecular weight is 386 g/mol. The van der Waals surface area contributed by atoms with Gasteiger partial charge in [0.2, 0.25) is 17.7 Å². The second kappa shape index (κ2) is 7.80. The molecule has 1 saturated heterocycles. The van der Waals surface area contributed by atoms with Gasteiger partial charge in [-0.05, 0) is 42.8 Å². The van der Waals surface area contributed by atoms with Gasteiger partial charge in [0.25, 0.3) is 0 Å². The summed E-state index contributed by atoms with van der Waals surface area (Å²) in [6.07, 6.45) is 0.135. The number of benzene rings is 2. The van der Waals surface area contributed by atoms with Crippen LogP contribution in [0.2, 0.25) is 5.02 Å². The van der Waals surface area contributed by atoms with Gasteiger partial charge in [-0.25, -0.2) is 0 Å². The summed E-state index contributed by atoms with van der Waals surface area (Å²) < 4.78 is 0. The van der Waals surface area contributed by atoms with E-state index < -0.39 is 5.92 Å². The Hall–Kier alpha value is -2.86. The van der Waals surface area contributed by atoms with E-state index >= 15 is 0 Å². The van der Waals surface area contributed by atoms with Crippen LogP contribution in [-0.4, -0.2) is 24.3 Å². The molecule has 0 bridgehead atoms. The molecule has 1 fully saturated rings. The number of nitrogens with one attached hydrogen (secondary N) is 2. The van der Waals surface area contributed by atoms with Crippen LogP contribution in [0.3, 0.4) is 0 Å². The van der Waals surface area contributed by atoms with Crippen LogP contribution in [0, 0.1) is 12.8 Å². The number of hydrogen-bond donors (Lipinski definition) is 2. The molecule has 3 rings (SSSR count). The van der Waals surface area contributed by atoms with E-state index in [0.29, 0.717) is 22.1 Å². The molecule has 0 unspecified atom stereocenters. The van der Waals surface area contributed by atoms with Crippen LogP contribution in [-0.2, 0) is 14.4 Å². The number of aryl methyl sites for hydroxylation is 1. The van der Waals surface area contributed by atoms with Gasteiger partial charge in [0, 0.05) is 42.0 Å². The molecular formula is C20H20ClN3O3. The molecule has 1 atom stereocenters. The summed E-state index contributed by atoms with van der Waals surface area (Å²) in [5, 5.41) is 6.09. The largest absolute Gasteiger partial charge is 0.326 e. The van der Waals surface area contributed by atoms with Gasteiger partial charge in [0.15, 0.2) is 0 Å². The molecule has 2 N–H and O–H groups in total. The van der Waals surface area contributed by atoms with E-state index in [1.54, 1.807) is 41.3 Å². The van der Waals surface area contributed by atoms with Crippen LogP contribution in [0.4, 0.5) is 17.1 Å². The summed E-state index contributed by atoms with van der Waals surface area (Å²) in [5.41, 5.74) is 2.79. The second-order valence-corrected chi connectivity index (χ2v) is 7.00. The van der Waals surface area contributed by atoms with Crippen molar-refractivity contribution in [1.29, 1.82) is 0 Å². The molecule has 7 heteroatoms. The number of carbonyl (C=O) groups is 3. The molecule has 1 aliphatic rings. The highest BCUT2D eigenvalue weighted by molar-refractivity contribution is 6.31. The first kappa shape index (κ1) is 18.9. The molecule has 2 aromatic rings. The molecule has 0 saturated carbocycles. The third-order valence-electron chi connectivity index (χ3n) is 4.41. The smallest absolute Gasteiger partial charge is 0.229 e. The normalized spacial score (nSPS) is 16.3. The van der Waals surface area contributed by atoms with Crippen molar-refractivity contribution < 1.29 is 14.4 Å². The summed E-state index contributed by atoms with van der Waals surface area (Å²) in [7, 11) is 0. The van der Waals surface area contributed by atoms with Crippen molar-refractivity contribution >= 4 is 46.4 Å². The summed E-state index contributed by atoms with van der Waals surface area (Å²) >= 11 is 6.09. The highest BCUT2D eigenvalue weighted by atomic mass is 35.5. The Balaban J connectivity index is 1.70. The maximum absolute atomic E-state index is 12.6. The lowest BCUT2D eigenvalue weighted by atomic mass is 10.1. The zero-order chi connectivity index (χ0) is 19.6. The minimum atomic E-state index is -0.456. The van der Waals surface area contributed by atoms with Gasteiger partial charge in [-0.3, -0.25) is 14.4 Å². The number of rotatable bonds is 4. The van der Waals surface area contributed by atoms with Crippen LogP contribution in [0.5, 0.6) is 0 Å². The topological polar surface area (TPSA) is 78.5 Å². The first-order valence-corrected chi connectivity index (χ1v) is 8.96. The van der Waals surface area contributed by atoms with Gasteiger partial charge in [-0.15, -0.1) is 0 Å². The van der Waals surface area contributed by atoms with Gasteiger partial charge in [-0.1, -0.05) is 23.7 Å². The van der Waals surface area contributed by atoms with Crippen molar-refractivity contribution in [3.8, 4) is 0 Å². The third-order valence-corrected chi connectivity index (χ3v) is 4.82. The molecule has 0 spiro atoms. The lowest BCUT2D eigenvalue weighted by Gasteiger charge is -2.18. The molecule has 0 aliphatic carbocycles. The van der Waals surface area contributed by atoms with Gasteiger partial charge in [0.1, 0.15) is 0 Å². The quantitative estimate of drug-likeness (QED) is 0.844. The zero-order valence-electron chi connectivity index (χ0n) is 15.1. The highest BCUT2D eigenvalue weighted by Crippen LogP contribution is 2.28. The van der Waals surface area contributed by atoms with Gasteiger partial charge < -0.3 is 15.5 Å². The fraction of sp³-hybridized carbons (Fsp3) is 0.250. The van der Waals surface area contributed by atoms with Crippen molar-refractivity contribution in [3.63, 3.8) is 0 Å². The Morgan fingerprint density at radius 2 is 1.85 bits per heavy atom. The van der Waals surface area contributed by atoms with Gasteiger partial charge >= 0.3 is 0 Å². The molecule has 3 amide bonds. The molecule has 27 heavy (non-hydrogen) atoms. The number of hydrogen-bond acceptors (Lipinski definition) is 3. The Bertz CT molecular complexity index is 913. The van der Waals surface area contributed by atoms with E-state index in [0.717, 1.165) is 5.56 Å². The Morgan fingerprint density at radius 3 is 2.56 bits per heavy atom. The van der Waals surface area contributed by atoms with E-state index in [1.165, 1.54) is 6.92 Å². The first-order chi connectivity index (χ1) is 12.8. The summed E-state index contributed by atoms with van der Waals surface area (Å²) in [6.45, 7) is 3.59. The van der Waals surface area contributed by atoms with Crippen molar-refractivity contribution in [1.82, 2.24) is 0 Å². The third kappa shape index (κ3) is 4.46. The molecule has 0 aromatic heterocycles. The summed E-state index contributed by atoms with van der Waals surface area (Å²) in [5.74, 6) is -0.989. The molecule has 2 aromatic carbocycles. The first-order valence-electron chi connectivity index (χ1n) is 8.58. The lowest BCUT2D eigenvalue weighted by molar-refractivity contribution is -0.122. The molecular weight excluding hydrogens is 366 g/mol. The Morgan fingerprint density at radius 1 is 1.11 bits per heavy atom. The fourth-order valence-corrected chi connectivity index (χ4v) is 3.18. The lowest BCUT2D eigenvalue weighted by Crippen LogP contribution is -2.28. The van der Waals surface area contributed by atoms with Gasteiger partial charge in [0.05, 0.1) is 5.92 Å². The van der Waals surface area contributed by atoms with Crippen LogP contribution in [0.15, 0.2) is 42.5 Å². The summed E-state index contributed by atoms with van der Waals surface area (Å²) in [6, 6.07) is 12.3. The SMILES string of the molecule is CC(=O)Nc1cccc(N2C[C@@H](C(=O)Nc3ccc(C)c(Cl)c3)CC2=O)c1. The minimum absolute atomic E-state index is 0.128. The zero-order valence-corrected chi connectivity index (χ0v) is 15.8. The van der Waals surface area contributed by atoms with Crippen LogP contribution >= 0.6 is 11.6 Å². The predicted octanol–water partition coefficient (Wildman–Crippen LogP) is 3.60. The van der Waals surface area contributed by atoms with Crippen molar-refractivity contribution in [2.45, 2.75) is 20.3 Å². The number of carbonyl (C=O) groups excluding carboxylic acids is 3. The standard InChI is InChI=1S/C20H20ClN3O3/c1-12-6-7-16(10-18(12)21)23-20(27)14-8-19(26)24(11-14)17-5-3-4-15(9-17)22-13(2)25/h3-7,9-10,14H,8,11H2,1-2H3,(H,22,25)(H,23,27)/t14-/m0/s1. The van der Waals surface area contributed by atoms with Crippen molar-refractivity contribution in [3.05, 3.63) is 53.1 Å². The van der Waals surface area contributed by atoms with Crippen molar-refractivity contribution in [2.75, 3.05) is 22.1 Å². The Kier molecular flexibility index (Phi) is 5.46.